The van der Waals surface area contributed by atoms with Crippen LogP contribution in [0.25, 0.3) is 0 Å². The number of ketones is 1. The van der Waals surface area contributed by atoms with E-state index in [-0.39, 0.29) is 5.69 Å². The van der Waals surface area contributed by atoms with Crippen LogP contribution in [0.15, 0.2) is 24.4 Å². The van der Waals surface area contributed by atoms with E-state index in [9.17, 15) is 13.6 Å². The Morgan fingerprint density at radius 3 is 2.61 bits per heavy atom. The number of hydrogen-bond donors (Lipinski definition) is 1. The molecule has 0 bridgehead atoms. The van der Waals surface area contributed by atoms with Crippen LogP contribution < -0.4 is 5.73 Å². The number of halogens is 2. The first-order valence-electron chi connectivity index (χ1n) is 5.22. The van der Waals surface area contributed by atoms with Crippen molar-refractivity contribution in [2.24, 2.45) is 5.73 Å². The van der Waals surface area contributed by atoms with E-state index in [4.69, 9.17) is 5.73 Å². The second-order valence-electron chi connectivity index (χ2n) is 3.58. The quantitative estimate of drug-likeness (QED) is 0.815. The lowest BCUT2D eigenvalue weighted by molar-refractivity contribution is 0.102. The minimum Gasteiger partial charge on any atom is -0.329 e. The van der Waals surface area contributed by atoms with Crippen LogP contribution in [0.5, 0.6) is 0 Å². The predicted octanol–water partition coefficient (Wildman–Crippen LogP) is 0.746. The van der Waals surface area contributed by atoms with Crippen molar-refractivity contribution in [3.05, 3.63) is 47.3 Å². The number of nitrogens with two attached hydrogens (primary N) is 1. The SMILES string of the molecule is NCCn1cc(C(=O)c2c(F)cccc2F)nn1. The maximum atomic E-state index is 13.4. The molecule has 2 N–H and O–H groups in total. The first-order valence-corrected chi connectivity index (χ1v) is 5.22. The van der Waals surface area contributed by atoms with Crippen LogP contribution in [0.2, 0.25) is 0 Å². The minimum absolute atomic E-state index is 0.118. The van der Waals surface area contributed by atoms with Crippen molar-refractivity contribution < 1.29 is 13.6 Å². The number of aromatic nitrogens is 3. The van der Waals surface area contributed by atoms with Gasteiger partial charge in [-0.15, -0.1) is 5.10 Å². The van der Waals surface area contributed by atoms with Crippen molar-refractivity contribution in [2.45, 2.75) is 6.54 Å². The fourth-order valence-electron chi connectivity index (χ4n) is 1.49. The number of carbonyl (C=O) groups is 1. The van der Waals surface area contributed by atoms with E-state index in [2.05, 4.69) is 10.3 Å². The van der Waals surface area contributed by atoms with Crippen molar-refractivity contribution in [1.82, 2.24) is 15.0 Å². The highest BCUT2D eigenvalue weighted by Gasteiger charge is 2.21. The summed E-state index contributed by atoms with van der Waals surface area (Å²) in [6.07, 6.45) is 1.31. The van der Waals surface area contributed by atoms with Crippen LogP contribution >= 0.6 is 0 Å². The summed E-state index contributed by atoms with van der Waals surface area (Å²) in [5.41, 5.74) is 4.57. The second kappa shape index (κ2) is 5.01. The van der Waals surface area contributed by atoms with Gasteiger partial charge >= 0.3 is 0 Å². The molecule has 0 fully saturated rings. The predicted molar refractivity (Wildman–Crippen MR) is 58.9 cm³/mol. The van der Waals surface area contributed by atoms with Gasteiger partial charge in [0.05, 0.1) is 18.3 Å². The number of benzene rings is 1. The summed E-state index contributed by atoms with van der Waals surface area (Å²) in [5, 5.41) is 7.20. The Bertz CT molecular complexity index is 562. The zero-order valence-corrected chi connectivity index (χ0v) is 9.31. The Morgan fingerprint density at radius 1 is 1.33 bits per heavy atom. The van der Waals surface area contributed by atoms with Crippen molar-refractivity contribution in [1.29, 1.82) is 0 Å². The van der Waals surface area contributed by atoms with Crippen LogP contribution in [-0.4, -0.2) is 27.3 Å². The van der Waals surface area contributed by atoms with E-state index in [1.54, 1.807) is 0 Å². The molecule has 18 heavy (non-hydrogen) atoms. The third-order valence-electron chi connectivity index (χ3n) is 2.32. The van der Waals surface area contributed by atoms with Gasteiger partial charge < -0.3 is 5.73 Å². The highest BCUT2D eigenvalue weighted by molar-refractivity contribution is 6.07. The number of rotatable bonds is 4. The molecule has 0 spiro atoms. The Hall–Kier alpha value is -2.15. The topological polar surface area (TPSA) is 73.8 Å². The van der Waals surface area contributed by atoms with Gasteiger partial charge in [-0.25, -0.2) is 8.78 Å². The van der Waals surface area contributed by atoms with Crippen molar-refractivity contribution in [3.63, 3.8) is 0 Å². The van der Waals surface area contributed by atoms with Crippen LogP contribution in [0.4, 0.5) is 8.78 Å². The molecule has 0 unspecified atom stereocenters. The molecule has 0 saturated carbocycles. The molecule has 1 heterocycles. The molecular formula is C11H10F2N4O. The van der Waals surface area contributed by atoms with Crippen molar-refractivity contribution in [3.8, 4) is 0 Å². The van der Waals surface area contributed by atoms with Gasteiger partial charge in [0.1, 0.15) is 11.6 Å². The van der Waals surface area contributed by atoms with E-state index in [1.165, 1.54) is 16.9 Å². The molecule has 0 aliphatic rings. The molecule has 94 valence electrons. The van der Waals surface area contributed by atoms with Gasteiger partial charge in [-0.1, -0.05) is 11.3 Å². The largest absolute Gasteiger partial charge is 0.329 e. The average molecular weight is 252 g/mol. The van der Waals surface area contributed by atoms with E-state index < -0.39 is 23.0 Å². The van der Waals surface area contributed by atoms with Gasteiger partial charge in [0, 0.05) is 6.54 Å². The molecule has 1 aromatic heterocycles. The summed E-state index contributed by atoms with van der Waals surface area (Å²) in [5.74, 6) is -2.68. The molecule has 2 rings (SSSR count). The molecule has 2 aromatic rings. The summed E-state index contributed by atoms with van der Waals surface area (Å²) in [6.45, 7) is 0.699. The summed E-state index contributed by atoms with van der Waals surface area (Å²) in [4.78, 5) is 11.9. The Kier molecular flexibility index (Phi) is 3.42. The molecule has 5 nitrogen and oxygen atoms in total. The van der Waals surface area contributed by atoms with Crippen LogP contribution in [0.3, 0.4) is 0 Å². The smallest absolute Gasteiger partial charge is 0.220 e. The van der Waals surface area contributed by atoms with Gasteiger partial charge in [-0.05, 0) is 12.1 Å². The molecule has 0 saturated heterocycles. The molecule has 0 aliphatic heterocycles. The van der Waals surface area contributed by atoms with Gasteiger partial charge in [0.25, 0.3) is 0 Å². The molecular weight excluding hydrogens is 242 g/mol. The van der Waals surface area contributed by atoms with Crippen LogP contribution in [-0.2, 0) is 6.54 Å². The second-order valence-corrected chi connectivity index (χ2v) is 3.58. The Labute approximate surface area is 101 Å². The fourth-order valence-corrected chi connectivity index (χ4v) is 1.49. The van der Waals surface area contributed by atoms with Gasteiger partial charge in [0.2, 0.25) is 5.78 Å². The highest BCUT2D eigenvalue weighted by atomic mass is 19.1. The van der Waals surface area contributed by atoms with E-state index in [0.29, 0.717) is 13.1 Å². The zero-order valence-electron chi connectivity index (χ0n) is 9.31. The average Bonchev–Trinajstić information content (AvgIpc) is 2.78. The maximum Gasteiger partial charge on any atom is 0.220 e. The summed E-state index contributed by atoms with van der Waals surface area (Å²) in [7, 11) is 0. The zero-order chi connectivity index (χ0) is 13.1. The summed E-state index contributed by atoms with van der Waals surface area (Å²) < 4.78 is 28.2. The first kappa shape index (κ1) is 12.3. The number of nitrogens with zero attached hydrogens (tertiary/aromatic N) is 3. The third kappa shape index (κ3) is 2.25. The molecule has 0 aliphatic carbocycles. The summed E-state index contributed by atoms with van der Waals surface area (Å²) >= 11 is 0. The molecule has 1 aromatic carbocycles. The Balaban J connectivity index is 2.35. The molecule has 0 radical (unpaired) electrons. The van der Waals surface area contributed by atoms with E-state index in [1.807, 2.05) is 0 Å². The maximum absolute atomic E-state index is 13.4. The van der Waals surface area contributed by atoms with Gasteiger partial charge in [-0.3, -0.25) is 9.48 Å². The normalized spacial score (nSPS) is 10.6. The van der Waals surface area contributed by atoms with E-state index in [0.717, 1.165) is 12.1 Å². The standard InChI is InChI=1S/C11H10F2N4O/c12-7-2-1-3-8(13)10(7)11(18)9-6-17(5-4-14)16-15-9/h1-3,6H,4-5,14H2. The first-order chi connectivity index (χ1) is 8.63. The van der Waals surface area contributed by atoms with Gasteiger partial charge in [0.15, 0.2) is 5.69 Å². The lowest BCUT2D eigenvalue weighted by Crippen LogP contribution is -2.10. The lowest BCUT2D eigenvalue weighted by Gasteiger charge is -2.00. The third-order valence-corrected chi connectivity index (χ3v) is 2.32. The molecule has 0 amide bonds. The molecule has 7 heteroatoms. The minimum atomic E-state index is -0.923. The van der Waals surface area contributed by atoms with Crippen molar-refractivity contribution in [2.75, 3.05) is 6.54 Å². The van der Waals surface area contributed by atoms with E-state index >= 15 is 0 Å². The summed E-state index contributed by atoms with van der Waals surface area (Å²) in [6, 6.07) is 3.22. The molecule has 0 atom stereocenters. The lowest BCUT2D eigenvalue weighted by atomic mass is 10.1. The van der Waals surface area contributed by atoms with Gasteiger partial charge in [-0.2, -0.15) is 0 Å². The van der Waals surface area contributed by atoms with Crippen LogP contribution in [0.1, 0.15) is 16.1 Å². The monoisotopic (exact) mass is 252 g/mol. The Morgan fingerprint density at radius 2 is 2.00 bits per heavy atom. The fraction of sp³-hybridized carbons (Fsp3) is 0.182. The highest BCUT2D eigenvalue weighted by Crippen LogP contribution is 2.15. The van der Waals surface area contributed by atoms with Crippen molar-refractivity contribution >= 4 is 5.78 Å². The van der Waals surface area contributed by atoms with Crippen LogP contribution in [0, 0.1) is 11.6 Å². The number of carbonyl (C=O) groups excluding carboxylic acids is 1. The number of hydrogen-bond acceptors (Lipinski definition) is 4.